The maximum absolute atomic E-state index is 10.8. The van der Waals surface area contributed by atoms with Crippen molar-refractivity contribution in [1.29, 1.82) is 0 Å². The van der Waals surface area contributed by atoms with Crippen molar-refractivity contribution in [3.8, 4) is 0 Å². The second-order valence-corrected chi connectivity index (χ2v) is 6.68. The summed E-state index contributed by atoms with van der Waals surface area (Å²) in [5.41, 5.74) is 0.0934. The van der Waals surface area contributed by atoms with Gasteiger partial charge in [0.2, 0.25) is 0 Å². The first-order valence-corrected chi connectivity index (χ1v) is 7.94. The van der Waals surface area contributed by atoms with Gasteiger partial charge in [0.05, 0.1) is 12.0 Å². The van der Waals surface area contributed by atoms with E-state index in [1.807, 2.05) is 13.0 Å². The lowest BCUT2D eigenvalue weighted by molar-refractivity contribution is -0.0947. The molecular weight excluding hydrogens is 324 g/mol. The first-order chi connectivity index (χ1) is 12.2. The van der Waals surface area contributed by atoms with E-state index in [4.69, 9.17) is 6.11 Å². The van der Waals surface area contributed by atoms with Gasteiger partial charge < -0.3 is 29.6 Å². The maximum atomic E-state index is 10.8. The molecule has 132 valence electrons. The molecule has 3 aromatic rings. The number of aromatic nitrogens is 4. The first kappa shape index (κ1) is 15.0. The van der Waals surface area contributed by atoms with Gasteiger partial charge in [-0.1, -0.05) is 6.58 Å². The summed E-state index contributed by atoms with van der Waals surface area (Å²) < 4.78 is 15.2. The highest BCUT2D eigenvalue weighted by Gasteiger charge is 2.53. The summed E-state index contributed by atoms with van der Waals surface area (Å²) >= 11 is 0. The van der Waals surface area contributed by atoms with Gasteiger partial charge in [-0.2, -0.15) is 0 Å². The van der Waals surface area contributed by atoms with Gasteiger partial charge in [-0.25, -0.2) is 9.97 Å². The topological polar surface area (TPSA) is 116 Å². The molecule has 1 saturated heterocycles. The molecule has 0 saturated carbocycles. The minimum atomic E-state index is -1.65. The van der Waals surface area contributed by atoms with E-state index in [2.05, 4.69) is 21.5 Å². The number of hydrogen-bond donors (Lipinski definition) is 4. The molecule has 8 heteroatoms. The molecule has 1 aliphatic heterocycles. The molecule has 0 radical (unpaired) electrons. The highest BCUT2D eigenvalue weighted by molar-refractivity contribution is 6.05. The summed E-state index contributed by atoms with van der Waals surface area (Å²) in [7, 11) is 0. The van der Waals surface area contributed by atoms with E-state index >= 15 is 0 Å². The smallest absolute Gasteiger partial charge is 0.167 e. The number of hydrogen-bond acceptors (Lipinski definition) is 6. The van der Waals surface area contributed by atoms with Crippen LogP contribution < -0.4 is 5.35 Å². The molecule has 0 aromatic carbocycles. The largest absolute Gasteiger partial charge is 0.394 e. The van der Waals surface area contributed by atoms with Crippen LogP contribution in [0.1, 0.15) is 20.1 Å². The van der Waals surface area contributed by atoms with Crippen LogP contribution in [0.15, 0.2) is 18.6 Å². The third kappa shape index (κ3) is 2.22. The monoisotopic (exact) mass is 346 g/mol. The first-order valence-electron chi connectivity index (χ1n) is 8.44. The average molecular weight is 346 g/mol. The Bertz CT molecular complexity index is 1070. The van der Waals surface area contributed by atoms with Gasteiger partial charge in [-0.3, -0.25) is 0 Å². The van der Waals surface area contributed by atoms with Crippen LogP contribution in [-0.4, -0.2) is 59.3 Å². The number of aromatic amines is 1. The Morgan fingerprint density at radius 3 is 2.96 bits per heavy atom. The van der Waals surface area contributed by atoms with Gasteiger partial charge in [0, 0.05) is 16.9 Å². The number of ether oxygens (including phenoxy) is 1. The molecule has 4 heterocycles. The second-order valence-electron chi connectivity index (χ2n) is 6.68. The van der Waals surface area contributed by atoms with E-state index in [0.29, 0.717) is 22.0 Å². The summed E-state index contributed by atoms with van der Waals surface area (Å²) in [6.45, 7) is 6.85. The molecule has 1 fully saturated rings. The minimum Gasteiger partial charge on any atom is -0.394 e. The molecule has 0 aliphatic carbocycles. The van der Waals surface area contributed by atoms with E-state index in [1.54, 1.807) is 10.8 Å². The lowest BCUT2D eigenvalue weighted by atomic mass is 9.96. The maximum Gasteiger partial charge on any atom is 0.167 e. The Kier molecular flexibility index (Phi) is 3.23. The van der Waals surface area contributed by atoms with E-state index in [9.17, 15) is 15.3 Å². The Balaban J connectivity index is 2.06. The number of aliphatic hydroxyl groups excluding tert-OH is 2. The van der Waals surface area contributed by atoms with Crippen molar-refractivity contribution in [2.24, 2.45) is 0 Å². The predicted molar refractivity (Wildman–Crippen MR) is 91.3 cm³/mol. The third-order valence-corrected chi connectivity index (χ3v) is 4.84. The zero-order chi connectivity index (χ0) is 18.8. The zero-order valence-electron chi connectivity index (χ0n) is 14.9. The molecule has 0 amide bonds. The lowest BCUT2D eigenvalue weighted by Crippen LogP contribution is -2.44. The Labute approximate surface area is 144 Å². The van der Waals surface area contributed by atoms with Crippen LogP contribution in [0.4, 0.5) is 0 Å². The third-order valence-electron chi connectivity index (χ3n) is 4.84. The van der Waals surface area contributed by atoms with Crippen molar-refractivity contribution in [2.45, 2.75) is 37.9 Å². The normalized spacial score (nSPS) is 30.3. The fourth-order valence-corrected chi connectivity index (χ4v) is 3.53. The van der Waals surface area contributed by atoms with Gasteiger partial charge >= 0.3 is 0 Å². The number of rotatable bonds is 2. The van der Waals surface area contributed by atoms with Crippen LogP contribution in [0.3, 0.4) is 0 Å². The highest BCUT2D eigenvalue weighted by atomic mass is 16.6. The molecule has 1 aliphatic rings. The van der Waals surface area contributed by atoms with Crippen molar-refractivity contribution < 1.29 is 21.4 Å². The van der Waals surface area contributed by atoms with Gasteiger partial charge in [-0.05, 0) is 25.5 Å². The Morgan fingerprint density at radius 2 is 2.28 bits per heavy atom. The second kappa shape index (κ2) is 5.37. The molecule has 25 heavy (non-hydrogen) atoms. The average Bonchev–Trinajstić information content (AvgIpc) is 2.99. The quantitative estimate of drug-likeness (QED) is 0.515. The lowest BCUT2D eigenvalue weighted by Gasteiger charge is -2.27. The molecule has 4 rings (SSSR count). The van der Waals surface area contributed by atoms with Crippen LogP contribution in [0.2, 0.25) is 0 Å². The Hall–Kier alpha value is -2.26. The van der Waals surface area contributed by atoms with Crippen molar-refractivity contribution in [3.63, 3.8) is 0 Å². The number of H-pyrrole nitrogens is 1. The summed E-state index contributed by atoms with van der Waals surface area (Å²) in [5.74, 6) is 0. The minimum absolute atomic E-state index is 0.199. The fourth-order valence-electron chi connectivity index (χ4n) is 3.53. The molecule has 3 aromatic heterocycles. The van der Waals surface area contributed by atoms with Gasteiger partial charge in [0.25, 0.3) is 0 Å². The van der Waals surface area contributed by atoms with Crippen LogP contribution in [0.5, 0.6) is 0 Å². The molecule has 0 bridgehead atoms. The van der Waals surface area contributed by atoms with Crippen LogP contribution >= 0.6 is 0 Å². The highest BCUT2D eigenvalue weighted by Crippen LogP contribution is 2.41. The molecule has 4 N–H and O–H groups in total. The van der Waals surface area contributed by atoms with E-state index in [-0.39, 0.29) is 6.30 Å². The number of aryl methyl sites for hydroxylation is 1. The summed E-state index contributed by atoms with van der Waals surface area (Å²) in [4.78, 5) is 11.4. The number of nitrogens with zero attached hydrogens (tertiary/aromatic N) is 3. The molecule has 0 spiro atoms. The van der Waals surface area contributed by atoms with Crippen LogP contribution in [0, 0.1) is 6.92 Å². The van der Waals surface area contributed by atoms with Crippen LogP contribution in [0.25, 0.3) is 28.6 Å². The summed E-state index contributed by atoms with van der Waals surface area (Å²) in [6, 6.07) is 1.85. The van der Waals surface area contributed by atoms with Crippen molar-refractivity contribution in [2.75, 3.05) is 6.61 Å². The fraction of sp³-hybridized carbons (Fsp3) is 0.412. The number of nitrogens with one attached hydrogen (secondary N) is 1. The van der Waals surface area contributed by atoms with Crippen LogP contribution in [-0.2, 0) is 4.74 Å². The van der Waals surface area contributed by atoms with E-state index in [0.717, 1.165) is 10.9 Å². The Morgan fingerprint density at radius 1 is 1.52 bits per heavy atom. The summed E-state index contributed by atoms with van der Waals surface area (Å²) in [6.07, 6.45) is -1.62. The zero-order valence-corrected chi connectivity index (χ0v) is 13.9. The van der Waals surface area contributed by atoms with Gasteiger partial charge in [-0.15, -0.1) is 0 Å². The van der Waals surface area contributed by atoms with E-state index in [1.165, 1.54) is 6.92 Å². The predicted octanol–water partition coefficient (Wildman–Crippen LogP) is -0.0860. The number of aliphatic hydroxyl groups is 3. The standard InChI is InChI=1S/C17H20N4O4/c1-8-4-9(2)20-14-12-10(8)5-21(15(12)19-7-18-14)16-17(3,24)13(23)11(6-22)25-16/h4-5,7,11,13,16,22-24H,2,6H2,1,3H3,(H,18,19,20)/t11-,13-,16-,17+/m1/s1/i7T. The van der Waals surface area contributed by atoms with Crippen molar-refractivity contribution in [3.05, 3.63) is 29.5 Å². The molecule has 4 atom stereocenters. The summed E-state index contributed by atoms with van der Waals surface area (Å²) in [5, 5.41) is 32.6. The molecule has 0 unspecified atom stereocenters. The van der Waals surface area contributed by atoms with Gasteiger partial charge in [0.1, 0.15) is 36.8 Å². The van der Waals surface area contributed by atoms with Gasteiger partial charge in [0.15, 0.2) is 6.23 Å². The van der Waals surface area contributed by atoms with E-state index < -0.39 is 30.6 Å². The van der Waals surface area contributed by atoms with Crippen molar-refractivity contribution >= 4 is 28.6 Å². The van der Waals surface area contributed by atoms with Crippen molar-refractivity contribution in [1.82, 2.24) is 19.5 Å². The molecule has 8 nitrogen and oxygen atoms in total. The SMILES string of the molecule is [3H]c1nc2[nH]c(=C)cc(C)c3cn([C@@H]4O[C@H](CO)[C@@H](O)[C@]4(C)O)c(n1)c23. The molecular formula is C17H20N4O4.